The van der Waals surface area contributed by atoms with Crippen molar-refractivity contribution in [2.45, 2.75) is 165 Å². The molecule has 5 N–H and O–H groups in total. The van der Waals surface area contributed by atoms with Crippen LogP contribution in [-0.2, 0) is 40.1 Å². The van der Waals surface area contributed by atoms with E-state index in [1.165, 1.54) is 18.1 Å². The summed E-state index contributed by atoms with van der Waals surface area (Å²) in [6.07, 6.45) is 16.4. The molecule has 4 aliphatic rings. The third-order valence-electron chi connectivity index (χ3n) is 13.9. The van der Waals surface area contributed by atoms with Gasteiger partial charge in [-0.05, 0) is 119 Å². The topological polar surface area (TPSA) is 147 Å². The molecule has 2 aliphatic heterocycles. The van der Waals surface area contributed by atoms with Crippen molar-refractivity contribution in [3.63, 3.8) is 0 Å². The van der Waals surface area contributed by atoms with Crippen molar-refractivity contribution in [2.75, 3.05) is 18.8 Å². The lowest BCUT2D eigenvalue weighted by Crippen LogP contribution is -2.47. The number of fused-ring (bicyclic) bond motifs is 4. The smallest absolute Gasteiger partial charge is 0.302 e. The van der Waals surface area contributed by atoms with E-state index in [4.69, 9.17) is 20.2 Å². The number of guanidine groups is 1. The van der Waals surface area contributed by atoms with E-state index in [2.05, 4.69) is 47.8 Å². The maximum atomic E-state index is 14.1. The molecule has 2 saturated carbocycles. The summed E-state index contributed by atoms with van der Waals surface area (Å²) >= 11 is 0. The first-order valence-electron chi connectivity index (χ1n) is 24.2. The van der Waals surface area contributed by atoms with Crippen LogP contribution in [0.3, 0.4) is 0 Å². The number of hydrogen-bond donors (Lipinski definition) is 4. The second kappa shape index (κ2) is 23.5. The van der Waals surface area contributed by atoms with Gasteiger partial charge in [0.2, 0.25) is 5.91 Å². The lowest BCUT2D eigenvalue weighted by molar-refractivity contribution is -0.148. The van der Waals surface area contributed by atoms with E-state index in [1.807, 2.05) is 56.8 Å². The highest BCUT2D eigenvalue weighted by Gasteiger charge is 2.43. The quantitative estimate of drug-likeness (QED) is 0.127. The standard InChI is InChI=1S/C52H72N4O6S2/c1-38(57)61-46-25-24-42-30-43(49(60)47(31-42)62-45-20-10-11-21-45)35-56-37-51(34-48(56)59,33-40-16-6-3-7-17-40)28-29-54-50(53)55-52(26-12-13-27-52)64-63-36-41(18-8-9-19-44(58)32-46)23-22-39-14-4-2-5-15-39/h2-7,14-17,30-31,41,44-46,58,60H,8-13,18-29,32-37H2,1H3,(H3,53,54,55). The maximum Gasteiger partial charge on any atom is 0.302 e. The molecule has 12 heteroatoms. The first-order valence-corrected chi connectivity index (χ1v) is 26.5. The Morgan fingerprint density at radius 1 is 0.906 bits per heavy atom. The molecule has 1 saturated heterocycles. The number of hydrogen-bond acceptors (Lipinski definition) is 11. The average Bonchev–Trinajstić information content (AvgIpc) is 4.03. The van der Waals surface area contributed by atoms with E-state index in [9.17, 15) is 19.8 Å². The summed E-state index contributed by atoms with van der Waals surface area (Å²) in [5, 5.41) is 26.8. The highest BCUT2D eigenvalue weighted by atomic mass is 33.1. The van der Waals surface area contributed by atoms with Crippen LogP contribution in [0.5, 0.6) is 11.5 Å². The molecule has 0 radical (unpaired) electrons. The highest BCUT2D eigenvalue weighted by Crippen LogP contribution is 2.47. The van der Waals surface area contributed by atoms with Gasteiger partial charge in [0, 0.05) is 56.1 Å². The zero-order chi connectivity index (χ0) is 44.8. The number of carbonyl (C=O) groups is 2. The zero-order valence-electron chi connectivity index (χ0n) is 38.0. The number of esters is 1. The van der Waals surface area contributed by atoms with Gasteiger partial charge in [-0.1, -0.05) is 114 Å². The van der Waals surface area contributed by atoms with Crippen LogP contribution in [-0.4, -0.2) is 75.0 Å². The number of nitrogens with one attached hydrogen (secondary N) is 1. The Hall–Kier alpha value is -3.87. The van der Waals surface area contributed by atoms with E-state index in [0.717, 1.165) is 101 Å². The summed E-state index contributed by atoms with van der Waals surface area (Å²) in [7, 11) is 3.88. The molecule has 3 aromatic rings. The van der Waals surface area contributed by atoms with Crippen LogP contribution in [0.25, 0.3) is 0 Å². The molecule has 2 aliphatic carbocycles. The number of amides is 1. The molecule has 0 aromatic heterocycles. The minimum atomic E-state index is -0.593. The van der Waals surface area contributed by atoms with Crippen LogP contribution in [0.2, 0.25) is 0 Å². The molecule has 2 heterocycles. The van der Waals surface area contributed by atoms with E-state index in [0.29, 0.717) is 74.8 Å². The Balaban J connectivity index is 1.15. The molecule has 1 amide bonds. The second-order valence-electron chi connectivity index (χ2n) is 19.3. The highest BCUT2D eigenvalue weighted by molar-refractivity contribution is 8.77. The van der Waals surface area contributed by atoms with Gasteiger partial charge in [-0.2, -0.15) is 0 Å². The van der Waals surface area contributed by atoms with E-state index in [-0.39, 0.29) is 40.6 Å². The van der Waals surface area contributed by atoms with Crippen LogP contribution in [0.1, 0.15) is 138 Å². The van der Waals surface area contributed by atoms with Crippen molar-refractivity contribution in [3.8, 4) is 11.5 Å². The van der Waals surface area contributed by atoms with Crippen LogP contribution in [0.15, 0.2) is 77.8 Å². The predicted molar refractivity (Wildman–Crippen MR) is 260 cm³/mol. The van der Waals surface area contributed by atoms with Crippen molar-refractivity contribution in [3.05, 3.63) is 95.1 Å². The number of benzene rings is 3. The van der Waals surface area contributed by atoms with Gasteiger partial charge in [0.25, 0.3) is 0 Å². The van der Waals surface area contributed by atoms with Crippen LogP contribution >= 0.6 is 21.6 Å². The number of nitrogens with two attached hydrogens (primary N) is 1. The first kappa shape index (κ1) is 48.1. The third kappa shape index (κ3) is 14.3. The molecule has 3 fully saturated rings. The fourth-order valence-corrected chi connectivity index (χ4v) is 14.0. The summed E-state index contributed by atoms with van der Waals surface area (Å²) in [6, 6.07) is 25.0. The van der Waals surface area contributed by atoms with Crippen LogP contribution in [0.4, 0.5) is 0 Å². The monoisotopic (exact) mass is 912 g/mol. The van der Waals surface area contributed by atoms with Gasteiger partial charge < -0.3 is 35.6 Å². The largest absolute Gasteiger partial charge is 0.504 e. The predicted octanol–water partition coefficient (Wildman–Crippen LogP) is 10.1. The lowest BCUT2D eigenvalue weighted by atomic mass is 9.78. The molecule has 1 spiro atoms. The van der Waals surface area contributed by atoms with Gasteiger partial charge >= 0.3 is 5.97 Å². The number of ether oxygens (including phenoxy) is 2. The average molecular weight is 913 g/mol. The Labute approximate surface area is 389 Å². The van der Waals surface area contributed by atoms with Gasteiger partial charge in [-0.15, -0.1) is 0 Å². The van der Waals surface area contributed by atoms with Crippen LogP contribution < -0.4 is 15.8 Å². The fourth-order valence-electron chi connectivity index (χ4n) is 10.5. The number of phenolic OH excluding ortho intramolecular Hbond substituents is 1. The van der Waals surface area contributed by atoms with E-state index < -0.39 is 12.2 Å². The maximum absolute atomic E-state index is 14.1. The van der Waals surface area contributed by atoms with Crippen molar-refractivity contribution in [1.82, 2.24) is 10.2 Å². The number of aliphatic hydroxyl groups excluding tert-OH is 1. The normalized spacial score (nSPS) is 25.7. The van der Waals surface area contributed by atoms with E-state index in [1.54, 1.807) is 0 Å². The third-order valence-corrected chi connectivity index (χ3v) is 17.2. The van der Waals surface area contributed by atoms with E-state index >= 15 is 0 Å². The molecule has 7 rings (SSSR count). The summed E-state index contributed by atoms with van der Waals surface area (Å²) in [5.41, 5.74) is 10.5. The van der Waals surface area contributed by atoms with Crippen molar-refractivity contribution < 1.29 is 29.3 Å². The number of carbonyl (C=O) groups excluding carboxylic acids is 2. The van der Waals surface area contributed by atoms with Gasteiger partial charge in [0.15, 0.2) is 17.5 Å². The Morgan fingerprint density at radius 3 is 2.34 bits per heavy atom. The number of aliphatic hydroxyl groups is 1. The van der Waals surface area contributed by atoms with Crippen molar-refractivity contribution in [1.29, 1.82) is 0 Å². The Bertz CT molecular complexity index is 1970. The molecule has 3 aromatic carbocycles. The molecular formula is C52H72N4O6S2. The summed E-state index contributed by atoms with van der Waals surface area (Å²) in [5.74, 6) is 2.24. The molecule has 348 valence electrons. The molecular weight excluding hydrogens is 841 g/mol. The van der Waals surface area contributed by atoms with Gasteiger partial charge in [0.05, 0.1) is 17.1 Å². The SMILES string of the molecule is CC(=O)OC1CCc2cc(c(O)c(OC3CCCC3)c2)CN2CC(Cc3ccccc3)(CCN=C(N)NC3(CCCC3)SSCC(CCc3ccccc3)CCCCC(O)C1)CC2=O. The van der Waals surface area contributed by atoms with Gasteiger partial charge in [0.1, 0.15) is 6.10 Å². The molecule has 4 bridgehead atoms. The molecule has 10 nitrogen and oxygen atoms in total. The number of aromatic hydroxyl groups is 1. The number of aliphatic imine (C=N–C) groups is 1. The minimum Gasteiger partial charge on any atom is -0.504 e. The molecule has 64 heavy (non-hydrogen) atoms. The number of phenols is 1. The van der Waals surface area contributed by atoms with Gasteiger partial charge in [-0.25, -0.2) is 0 Å². The molecule has 4 atom stereocenters. The van der Waals surface area contributed by atoms with Crippen molar-refractivity contribution in [2.24, 2.45) is 22.1 Å². The summed E-state index contributed by atoms with van der Waals surface area (Å²) in [4.78, 5) is 33.1. The minimum absolute atomic E-state index is 0.0291. The van der Waals surface area contributed by atoms with Gasteiger partial charge in [-0.3, -0.25) is 14.6 Å². The Kier molecular flexibility index (Phi) is 17.7. The first-order chi connectivity index (χ1) is 31.0. The lowest BCUT2D eigenvalue weighted by Gasteiger charge is -2.31. The number of aryl methyl sites for hydroxylation is 2. The van der Waals surface area contributed by atoms with Crippen LogP contribution in [0, 0.1) is 11.3 Å². The second-order valence-corrected chi connectivity index (χ2v) is 22.0. The fraction of sp³-hybridized carbons (Fsp3) is 0.596. The zero-order valence-corrected chi connectivity index (χ0v) is 39.7. The number of rotatable bonds is 8. The van der Waals surface area contributed by atoms with Crippen molar-refractivity contribution >= 4 is 39.4 Å². The number of nitrogens with zero attached hydrogens (tertiary/aromatic N) is 2. The summed E-state index contributed by atoms with van der Waals surface area (Å²) in [6.45, 7) is 2.71. The summed E-state index contributed by atoms with van der Waals surface area (Å²) < 4.78 is 12.3. The Morgan fingerprint density at radius 2 is 1.61 bits per heavy atom. The molecule has 4 unspecified atom stereocenters.